The summed E-state index contributed by atoms with van der Waals surface area (Å²) < 4.78 is 38.1. The number of rotatable bonds is 2. The van der Waals surface area contributed by atoms with E-state index < -0.39 is 24.0 Å². The predicted octanol–water partition coefficient (Wildman–Crippen LogP) is 1.81. The Balaban J connectivity index is 2.32. The van der Waals surface area contributed by atoms with Gasteiger partial charge in [0.15, 0.2) is 0 Å². The lowest BCUT2D eigenvalue weighted by Crippen LogP contribution is -2.53. The number of carbonyl (C=O) groups is 2. The quantitative estimate of drug-likeness (QED) is 0.847. The van der Waals surface area contributed by atoms with Crippen LogP contribution in [-0.2, 0) is 16.0 Å². The van der Waals surface area contributed by atoms with E-state index in [-0.39, 0.29) is 12.2 Å². The molecule has 0 saturated heterocycles. The number of anilines is 1. The fraction of sp³-hybridized carbons (Fsp3) is 0.286. The summed E-state index contributed by atoms with van der Waals surface area (Å²) >= 11 is 0. The minimum absolute atomic E-state index is 0.226. The summed E-state index contributed by atoms with van der Waals surface area (Å²) in [5.74, 6) is -2.42. The van der Waals surface area contributed by atoms with Gasteiger partial charge in [-0.05, 0) is 24.1 Å². The average Bonchev–Trinajstić information content (AvgIpc) is 2.44. The third-order valence-electron chi connectivity index (χ3n) is 3.17. The van der Waals surface area contributed by atoms with E-state index in [9.17, 15) is 22.8 Å². The van der Waals surface area contributed by atoms with Crippen LogP contribution in [0.1, 0.15) is 5.56 Å². The Morgan fingerprint density at radius 2 is 2.00 bits per heavy atom. The first-order valence-corrected chi connectivity index (χ1v) is 6.22. The topological polar surface area (TPSA) is 49.4 Å². The van der Waals surface area contributed by atoms with Gasteiger partial charge in [0.1, 0.15) is 0 Å². The van der Waals surface area contributed by atoms with E-state index in [1.807, 2.05) is 0 Å². The average molecular weight is 298 g/mol. The molecule has 0 radical (unpaired) electrons. The lowest BCUT2D eigenvalue weighted by atomic mass is 9.97. The van der Waals surface area contributed by atoms with Crippen LogP contribution in [0.4, 0.5) is 18.9 Å². The molecule has 0 saturated carbocycles. The molecule has 7 heteroatoms. The van der Waals surface area contributed by atoms with Gasteiger partial charge in [0.05, 0.1) is 6.04 Å². The molecule has 1 N–H and O–H groups in total. The Bertz CT molecular complexity index is 584. The van der Waals surface area contributed by atoms with E-state index in [1.165, 1.54) is 6.07 Å². The van der Waals surface area contributed by atoms with Crippen LogP contribution < -0.4 is 10.2 Å². The normalized spacial score (nSPS) is 17.9. The second-order valence-electron chi connectivity index (χ2n) is 4.66. The highest BCUT2D eigenvalue weighted by molar-refractivity contribution is 5.98. The third-order valence-corrected chi connectivity index (χ3v) is 3.17. The molecule has 0 spiro atoms. The molecule has 21 heavy (non-hydrogen) atoms. The van der Waals surface area contributed by atoms with Gasteiger partial charge in [-0.25, -0.2) is 0 Å². The van der Waals surface area contributed by atoms with Crippen LogP contribution in [0.15, 0.2) is 36.9 Å². The molecular weight excluding hydrogens is 285 g/mol. The largest absolute Gasteiger partial charge is 0.471 e. The van der Waals surface area contributed by atoms with Gasteiger partial charge in [-0.15, -0.1) is 0 Å². The zero-order chi connectivity index (χ0) is 15.6. The molecular formula is C14H13F3N2O2. The van der Waals surface area contributed by atoms with Crippen LogP contribution in [0.25, 0.3) is 0 Å². The van der Waals surface area contributed by atoms with E-state index in [4.69, 9.17) is 0 Å². The summed E-state index contributed by atoms with van der Waals surface area (Å²) in [5, 5.41) is 2.53. The summed E-state index contributed by atoms with van der Waals surface area (Å²) in [7, 11) is 0. The van der Waals surface area contributed by atoms with Gasteiger partial charge in [-0.2, -0.15) is 13.2 Å². The number of fused-ring (bicyclic) bond motifs is 1. The number of benzene rings is 1. The molecule has 1 aromatic carbocycles. The van der Waals surface area contributed by atoms with E-state index in [0.29, 0.717) is 16.9 Å². The van der Waals surface area contributed by atoms with Gasteiger partial charge in [-0.3, -0.25) is 9.59 Å². The molecule has 1 aliphatic rings. The Labute approximate surface area is 119 Å². The highest BCUT2D eigenvalue weighted by Gasteiger charge is 2.45. The van der Waals surface area contributed by atoms with Gasteiger partial charge in [0, 0.05) is 12.2 Å². The number of nitrogens with one attached hydrogen (secondary N) is 1. The van der Waals surface area contributed by atoms with Crippen molar-refractivity contribution in [2.75, 3.05) is 11.4 Å². The fourth-order valence-electron chi connectivity index (χ4n) is 2.30. The molecule has 0 fully saturated rings. The van der Waals surface area contributed by atoms with E-state index in [2.05, 4.69) is 11.9 Å². The molecule has 4 nitrogen and oxygen atoms in total. The van der Waals surface area contributed by atoms with E-state index >= 15 is 0 Å². The lowest BCUT2D eigenvalue weighted by Gasteiger charge is -2.35. The minimum atomic E-state index is -4.96. The van der Waals surface area contributed by atoms with Crippen molar-refractivity contribution in [2.24, 2.45) is 0 Å². The van der Waals surface area contributed by atoms with Crippen LogP contribution >= 0.6 is 0 Å². The highest BCUT2D eigenvalue weighted by atomic mass is 19.4. The van der Waals surface area contributed by atoms with Crippen LogP contribution in [0, 0.1) is 0 Å². The van der Waals surface area contributed by atoms with Gasteiger partial charge in [0.25, 0.3) is 0 Å². The standard InChI is InChI=1S/C14H13F3N2O2/c1-2-12(20)18-10-7-9-5-3-4-6-11(9)19(8-10)13(21)14(15,16)17/h2-6,10H,1,7-8H2,(H,18,20)/t10-/m1/s1. The summed E-state index contributed by atoms with van der Waals surface area (Å²) in [6.45, 7) is 3.06. The second-order valence-corrected chi connectivity index (χ2v) is 4.66. The molecule has 0 aliphatic carbocycles. The maximum atomic E-state index is 12.7. The SMILES string of the molecule is C=CC(=O)N[C@@H]1Cc2ccccc2N(C(=O)C(F)(F)F)C1. The van der Waals surface area contributed by atoms with Crippen molar-refractivity contribution in [3.8, 4) is 0 Å². The van der Waals surface area contributed by atoms with Gasteiger partial charge < -0.3 is 10.2 Å². The first-order valence-electron chi connectivity index (χ1n) is 6.22. The maximum absolute atomic E-state index is 12.7. The number of amides is 2. The van der Waals surface area contributed by atoms with E-state index in [1.54, 1.807) is 18.2 Å². The van der Waals surface area contributed by atoms with Crippen molar-refractivity contribution < 1.29 is 22.8 Å². The first-order chi connectivity index (χ1) is 9.82. The molecule has 1 heterocycles. The smallest absolute Gasteiger partial charge is 0.348 e. The Kier molecular flexibility index (Phi) is 4.02. The Morgan fingerprint density at radius 3 is 2.62 bits per heavy atom. The zero-order valence-electron chi connectivity index (χ0n) is 11.0. The molecule has 2 rings (SSSR count). The van der Waals surface area contributed by atoms with Gasteiger partial charge >= 0.3 is 12.1 Å². The summed E-state index contributed by atoms with van der Waals surface area (Å²) in [5.41, 5.74) is 0.805. The number of para-hydroxylation sites is 1. The van der Waals surface area contributed by atoms with Crippen LogP contribution in [-0.4, -0.2) is 30.6 Å². The molecule has 0 unspecified atom stereocenters. The number of hydrogen-bond donors (Lipinski definition) is 1. The van der Waals surface area contributed by atoms with Gasteiger partial charge in [0.2, 0.25) is 5.91 Å². The molecule has 1 aliphatic heterocycles. The Hall–Kier alpha value is -2.31. The number of halogens is 3. The molecule has 2 amide bonds. The number of hydrogen-bond acceptors (Lipinski definition) is 2. The molecule has 112 valence electrons. The van der Waals surface area contributed by atoms with Crippen molar-refractivity contribution in [3.63, 3.8) is 0 Å². The number of alkyl halides is 3. The third kappa shape index (κ3) is 3.24. The number of nitrogens with zero attached hydrogens (tertiary/aromatic N) is 1. The lowest BCUT2D eigenvalue weighted by molar-refractivity contribution is -0.170. The predicted molar refractivity (Wildman–Crippen MR) is 70.7 cm³/mol. The van der Waals surface area contributed by atoms with Crippen LogP contribution in [0.2, 0.25) is 0 Å². The van der Waals surface area contributed by atoms with Crippen LogP contribution in [0.3, 0.4) is 0 Å². The monoisotopic (exact) mass is 298 g/mol. The zero-order valence-corrected chi connectivity index (χ0v) is 11.0. The summed E-state index contributed by atoms with van der Waals surface area (Å²) in [6.07, 6.45) is -3.56. The maximum Gasteiger partial charge on any atom is 0.471 e. The molecule has 0 bridgehead atoms. The second kappa shape index (κ2) is 5.59. The van der Waals surface area contributed by atoms with Crippen molar-refractivity contribution in [3.05, 3.63) is 42.5 Å². The first kappa shape index (κ1) is 15.1. The Morgan fingerprint density at radius 1 is 1.33 bits per heavy atom. The minimum Gasteiger partial charge on any atom is -0.348 e. The van der Waals surface area contributed by atoms with Gasteiger partial charge in [-0.1, -0.05) is 24.8 Å². The summed E-state index contributed by atoms with van der Waals surface area (Å²) in [4.78, 5) is 23.5. The summed E-state index contributed by atoms with van der Waals surface area (Å²) in [6, 6.07) is 5.75. The van der Waals surface area contributed by atoms with E-state index in [0.717, 1.165) is 6.08 Å². The van der Waals surface area contributed by atoms with Crippen molar-refractivity contribution >= 4 is 17.5 Å². The van der Waals surface area contributed by atoms with Crippen LogP contribution in [0.5, 0.6) is 0 Å². The fourth-order valence-corrected chi connectivity index (χ4v) is 2.30. The van der Waals surface area contributed by atoms with Crippen molar-refractivity contribution in [2.45, 2.75) is 18.6 Å². The van der Waals surface area contributed by atoms with Crippen molar-refractivity contribution in [1.29, 1.82) is 0 Å². The molecule has 1 atom stereocenters. The molecule has 0 aromatic heterocycles. The van der Waals surface area contributed by atoms with Crippen molar-refractivity contribution in [1.82, 2.24) is 5.32 Å². The number of carbonyl (C=O) groups excluding carboxylic acids is 2. The molecule has 1 aromatic rings. The highest BCUT2D eigenvalue weighted by Crippen LogP contribution is 2.30.